The van der Waals surface area contributed by atoms with Gasteiger partial charge in [0.15, 0.2) is 0 Å². The monoisotopic (exact) mass is 156 g/mol. The smallest absolute Gasteiger partial charge is 0.128 e. The van der Waals surface area contributed by atoms with E-state index >= 15 is 0 Å². The molecule has 0 amide bonds. The molecule has 0 aliphatic heterocycles. The van der Waals surface area contributed by atoms with Crippen molar-refractivity contribution in [1.29, 1.82) is 0 Å². The second-order valence-electron chi connectivity index (χ2n) is 3.07. The molecule has 0 bridgehead atoms. The lowest BCUT2D eigenvalue weighted by Crippen LogP contribution is -2.30. The average Bonchev–Trinajstić information content (AvgIpc) is 1.88. The van der Waals surface area contributed by atoms with Gasteiger partial charge in [-0.1, -0.05) is 20.3 Å². The zero-order valence-electron chi connectivity index (χ0n) is 7.39. The second kappa shape index (κ2) is 4.25. The van der Waals surface area contributed by atoms with Crippen molar-refractivity contribution in [3.63, 3.8) is 0 Å². The summed E-state index contributed by atoms with van der Waals surface area (Å²) in [6, 6.07) is 0. The van der Waals surface area contributed by atoms with E-state index in [1.165, 1.54) is 0 Å². The van der Waals surface area contributed by atoms with Crippen LogP contribution in [0.3, 0.4) is 0 Å². The highest BCUT2D eigenvalue weighted by Gasteiger charge is 2.25. The van der Waals surface area contributed by atoms with E-state index in [-0.39, 0.29) is 5.92 Å². The van der Waals surface area contributed by atoms with Gasteiger partial charge in [0.2, 0.25) is 0 Å². The Morgan fingerprint density at radius 3 is 2.45 bits per heavy atom. The molecule has 0 saturated heterocycles. The van der Waals surface area contributed by atoms with Gasteiger partial charge in [0.25, 0.3) is 0 Å². The van der Waals surface area contributed by atoms with Crippen LogP contribution in [0.25, 0.3) is 0 Å². The van der Waals surface area contributed by atoms with Gasteiger partial charge in [-0.05, 0) is 25.2 Å². The van der Waals surface area contributed by atoms with Crippen LogP contribution in [0.5, 0.6) is 0 Å². The van der Waals surface area contributed by atoms with Gasteiger partial charge in [-0.3, -0.25) is 0 Å². The first-order chi connectivity index (χ1) is 5.04. The van der Waals surface area contributed by atoms with Gasteiger partial charge in [0.1, 0.15) is 11.7 Å². The van der Waals surface area contributed by atoms with Crippen molar-refractivity contribution < 1.29 is 10.2 Å². The van der Waals surface area contributed by atoms with Gasteiger partial charge < -0.3 is 10.2 Å². The van der Waals surface area contributed by atoms with E-state index in [9.17, 15) is 5.11 Å². The third-order valence-corrected chi connectivity index (χ3v) is 1.99. The van der Waals surface area contributed by atoms with Crippen molar-refractivity contribution in [2.24, 2.45) is 5.92 Å². The first-order valence-corrected chi connectivity index (χ1v) is 3.93. The molecule has 2 N–H and O–H groups in total. The maximum atomic E-state index is 9.58. The third kappa shape index (κ3) is 3.29. The molecule has 0 radical (unpaired) electrons. The molecule has 11 heavy (non-hydrogen) atoms. The van der Waals surface area contributed by atoms with Crippen molar-refractivity contribution in [1.82, 2.24) is 0 Å². The molecular weight excluding hydrogens is 140 g/mol. The standard InChI is InChI=1S/C9H16O2/c1-4-5-8(2)9(3,11)6-7-10/h8,10-11H,4-5H2,1-3H3. The SMILES string of the molecule is CCCC(C)C(C)(O)C#CO. The van der Waals surface area contributed by atoms with Gasteiger partial charge in [-0.2, -0.15) is 0 Å². The fourth-order valence-electron chi connectivity index (χ4n) is 0.950. The summed E-state index contributed by atoms with van der Waals surface area (Å²) in [6.45, 7) is 5.60. The Morgan fingerprint density at radius 2 is 2.09 bits per heavy atom. The van der Waals surface area contributed by atoms with Crippen LogP contribution in [0.4, 0.5) is 0 Å². The van der Waals surface area contributed by atoms with Gasteiger partial charge in [-0.25, -0.2) is 0 Å². The lowest BCUT2D eigenvalue weighted by Gasteiger charge is -2.23. The fourth-order valence-corrected chi connectivity index (χ4v) is 0.950. The predicted molar refractivity (Wildman–Crippen MR) is 44.4 cm³/mol. The van der Waals surface area contributed by atoms with Crippen LogP contribution in [0.2, 0.25) is 0 Å². The Hall–Kier alpha value is -0.680. The van der Waals surface area contributed by atoms with E-state index in [1.807, 2.05) is 6.92 Å². The third-order valence-electron chi connectivity index (χ3n) is 1.99. The maximum absolute atomic E-state index is 9.58. The highest BCUT2D eigenvalue weighted by atomic mass is 16.3. The highest BCUT2D eigenvalue weighted by molar-refractivity contribution is 5.09. The molecule has 0 saturated carbocycles. The number of rotatable bonds is 3. The fraction of sp³-hybridized carbons (Fsp3) is 0.778. The van der Waals surface area contributed by atoms with Crippen LogP contribution in [-0.4, -0.2) is 15.8 Å². The van der Waals surface area contributed by atoms with E-state index in [1.54, 1.807) is 13.0 Å². The zero-order valence-corrected chi connectivity index (χ0v) is 7.39. The molecule has 2 heteroatoms. The lowest BCUT2D eigenvalue weighted by molar-refractivity contribution is 0.0591. The van der Waals surface area contributed by atoms with Crippen molar-refractivity contribution in [3.8, 4) is 12.0 Å². The van der Waals surface area contributed by atoms with E-state index in [4.69, 9.17) is 5.11 Å². The van der Waals surface area contributed by atoms with Gasteiger partial charge in [0.05, 0.1) is 0 Å². The van der Waals surface area contributed by atoms with Crippen LogP contribution in [-0.2, 0) is 0 Å². The minimum Gasteiger partial charge on any atom is -0.462 e. The largest absolute Gasteiger partial charge is 0.462 e. The van der Waals surface area contributed by atoms with E-state index < -0.39 is 5.60 Å². The Kier molecular flexibility index (Phi) is 3.99. The molecule has 2 unspecified atom stereocenters. The van der Waals surface area contributed by atoms with Crippen LogP contribution in [0, 0.1) is 17.9 Å². The Balaban J connectivity index is 4.12. The summed E-state index contributed by atoms with van der Waals surface area (Å²) < 4.78 is 0. The van der Waals surface area contributed by atoms with Crippen molar-refractivity contribution in [3.05, 3.63) is 0 Å². The summed E-state index contributed by atoms with van der Waals surface area (Å²) >= 11 is 0. The van der Waals surface area contributed by atoms with Crippen molar-refractivity contribution in [2.45, 2.75) is 39.2 Å². The number of hydrogen-bond acceptors (Lipinski definition) is 2. The molecule has 0 aliphatic rings. The van der Waals surface area contributed by atoms with Crippen molar-refractivity contribution in [2.75, 3.05) is 0 Å². The van der Waals surface area contributed by atoms with Crippen LogP contribution < -0.4 is 0 Å². The molecule has 64 valence electrons. The molecule has 0 heterocycles. The van der Waals surface area contributed by atoms with Crippen molar-refractivity contribution >= 4 is 0 Å². The summed E-state index contributed by atoms with van der Waals surface area (Å²) in [4.78, 5) is 0. The molecule has 0 aromatic rings. The maximum Gasteiger partial charge on any atom is 0.128 e. The molecular formula is C9H16O2. The number of hydrogen-bond donors (Lipinski definition) is 2. The minimum absolute atomic E-state index is 0.104. The summed E-state index contributed by atoms with van der Waals surface area (Å²) in [6.07, 6.45) is 3.68. The topological polar surface area (TPSA) is 40.5 Å². The number of aliphatic hydroxyl groups is 2. The molecule has 0 fully saturated rings. The number of aliphatic hydroxyl groups excluding tert-OH is 1. The molecule has 0 rings (SSSR count). The Morgan fingerprint density at radius 1 is 1.55 bits per heavy atom. The first kappa shape index (κ1) is 10.3. The Labute approximate surface area is 68.2 Å². The van der Waals surface area contributed by atoms with Crippen LogP contribution >= 0.6 is 0 Å². The summed E-state index contributed by atoms with van der Waals surface area (Å²) in [5, 5.41) is 17.9. The minimum atomic E-state index is -1.05. The molecule has 0 spiro atoms. The molecule has 2 nitrogen and oxygen atoms in total. The Bertz CT molecular complexity index is 162. The molecule has 0 aromatic heterocycles. The first-order valence-electron chi connectivity index (χ1n) is 3.93. The van der Waals surface area contributed by atoms with E-state index in [0.29, 0.717) is 0 Å². The van der Waals surface area contributed by atoms with E-state index in [0.717, 1.165) is 12.8 Å². The normalized spacial score (nSPS) is 17.8. The second-order valence-corrected chi connectivity index (χ2v) is 3.07. The lowest BCUT2D eigenvalue weighted by atomic mass is 9.88. The quantitative estimate of drug-likeness (QED) is 0.608. The van der Waals surface area contributed by atoms with Gasteiger partial charge in [0, 0.05) is 0 Å². The van der Waals surface area contributed by atoms with E-state index in [2.05, 4.69) is 12.8 Å². The molecule has 2 atom stereocenters. The summed E-state index contributed by atoms with van der Waals surface area (Å²) in [7, 11) is 0. The predicted octanol–water partition coefficient (Wildman–Crippen LogP) is 1.51. The average molecular weight is 156 g/mol. The summed E-state index contributed by atoms with van der Waals surface area (Å²) in [5.41, 5.74) is -1.05. The van der Waals surface area contributed by atoms with Crippen LogP contribution in [0.1, 0.15) is 33.6 Å². The molecule has 0 aromatic carbocycles. The van der Waals surface area contributed by atoms with Gasteiger partial charge in [-0.15, -0.1) is 0 Å². The van der Waals surface area contributed by atoms with Crippen LogP contribution in [0.15, 0.2) is 0 Å². The molecule has 0 aliphatic carbocycles. The highest BCUT2D eigenvalue weighted by Crippen LogP contribution is 2.20. The van der Waals surface area contributed by atoms with Gasteiger partial charge >= 0.3 is 0 Å². The zero-order chi connectivity index (χ0) is 8.91. The summed E-state index contributed by atoms with van der Waals surface area (Å²) in [5.74, 6) is 2.47.